The van der Waals surface area contributed by atoms with Crippen LogP contribution in [0.25, 0.3) is 11.0 Å². The molecule has 0 aliphatic carbocycles. The van der Waals surface area contributed by atoms with E-state index in [1.807, 2.05) is 24.3 Å². The van der Waals surface area contributed by atoms with Crippen LogP contribution in [-0.2, 0) is 0 Å². The number of aliphatic hydroxyl groups is 1. The van der Waals surface area contributed by atoms with Crippen molar-refractivity contribution >= 4 is 16.8 Å². The number of hydrogen-bond acceptors (Lipinski definition) is 6. The van der Waals surface area contributed by atoms with Gasteiger partial charge in [0.05, 0.1) is 0 Å². The van der Waals surface area contributed by atoms with Crippen LogP contribution >= 0.6 is 0 Å². The van der Waals surface area contributed by atoms with Crippen LogP contribution in [0, 0.1) is 6.92 Å². The van der Waals surface area contributed by atoms with Gasteiger partial charge >= 0.3 is 5.63 Å². The van der Waals surface area contributed by atoms with Crippen molar-refractivity contribution in [1.82, 2.24) is 0 Å². The lowest BCUT2D eigenvalue weighted by Gasteiger charge is -2.18. The van der Waals surface area contributed by atoms with Gasteiger partial charge in [0, 0.05) is 11.5 Å². The first-order valence-electron chi connectivity index (χ1n) is 9.89. The van der Waals surface area contributed by atoms with E-state index in [0.717, 1.165) is 11.3 Å². The highest BCUT2D eigenvalue weighted by atomic mass is 16.5. The number of rotatable bonds is 8. The average molecular weight is 410 g/mol. The van der Waals surface area contributed by atoms with E-state index in [0.29, 0.717) is 16.9 Å². The number of ether oxygens (including phenoxy) is 2. The summed E-state index contributed by atoms with van der Waals surface area (Å²) in [6.45, 7) is 7.27. The van der Waals surface area contributed by atoms with Crippen LogP contribution in [0.5, 0.6) is 11.5 Å². The summed E-state index contributed by atoms with van der Waals surface area (Å²) in [6, 6.07) is 12.4. The molecule has 0 saturated carbocycles. The lowest BCUT2D eigenvalue weighted by atomic mass is 10.0. The van der Waals surface area contributed by atoms with Gasteiger partial charge in [-0.25, -0.2) is 4.79 Å². The SMILES string of the molecule is CC(=O)c1c(OC[C@H](O)COc2ccccc2C(C)C)ccc2c(C)cc(=O)oc12. The number of aliphatic hydroxyl groups excluding tert-OH is 1. The normalized spacial score (nSPS) is 12.2. The Morgan fingerprint density at radius 3 is 2.40 bits per heavy atom. The summed E-state index contributed by atoms with van der Waals surface area (Å²) in [5, 5.41) is 11.0. The van der Waals surface area contributed by atoms with Gasteiger partial charge in [-0.3, -0.25) is 4.79 Å². The Bertz CT molecular complexity index is 1110. The highest BCUT2D eigenvalue weighted by Gasteiger charge is 2.19. The Morgan fingerprint density at radius 1 is 1.07 bits per heavy atom. The monoisotopic (exact) mass is 410 g/mol. The molecule has 0 radical (unpaired) electrons. The summed E-state index contributed by atoms with van der Waals surface area (Å²) in [6.07, 6.45) is -0.912. The van der Waals surface area contributed by atoms with E-state index in [1.54, 1.807) is 19.1 Å². The molecule has 3 aromatic rings. The number of para-hydroxylation sites is 1. The largest absolute Gasteiger partial charge is 0.490 e. The molecule has 0 fully saturated rings. The van der Waals surface area contributed by atoms with E-state index in [1.165, 1.54) is 13.0 Å². The summed E-state index contributed by atoms with van der Waals surface area (Å²) in [5.41, 5.74) is 1.63. The fourth-order valence-corrected chi connectivity index (χ4v) is 3.33. The molecule has 0 aliphatic heterocycles. The maximum absolute atomic E-state index is 12.2. The summed E-state index contributed by atoms with van der Waals surface area (Å²) in [5.74, 6) is 0.980. The van der Waals surface area contributed by atoms with Crippen LogP contribution < -0.4 is 15.1 Å². The second-order valence-corrected chi connectivity index (χ2v) is 7.59. The first-order chi connectivity index (χ1) is 14.3. The molecule has 0 spiro atoms. The van der Waals surface area contributed by atoms with Crippen molar-refractivity contribution in [3.05, 3.63) is 69.6 Å². The van der Waals surface area contributed by atoms with Crippen LogP contribution in [0.3, 0.4) is 0 Å². The molecule has 0 unspecified atom stereocenters. The number of carbonyl (C=O) groups excluding carboxylic acids is 1. The van der Waals surface area contributed by atoms with Crippen molar-refractivity contribution in [2.45, 2.75) is 39.7 Å². The fraction of sp³-hybridized carbons (Fsp3) is 0.333. The van der Waals surface area contributed by atoms with Gasteiger partial charge in [0.15, 0.2) is 11.4 Å². The molecule has 3 rings (SSSR count). The van der Waals surface area contributed by atoms with Gasteiger partial charge in [0.1, 0.15) is 36.4 Å². The Labute approximate surface area is 175 Å². The van der Waals surface area contributed by atoms with Gasteiger partial charge in [-0.1, -0.05) is 32.0 Å². The van der Waals surface area contributed by atoms with E-state index in [2.05, 4.69) is 13.8 Å². The quantitative estimate of drug-likeness (QED) is 0.441. The molecule has 0 saturated heterocycles. The van der Waals surface area contributed by atoms with Crippen molar-refractivity contribution < 1.29 is 23.8 Å². The molecule has 30 heavy (non-hydrogen) atoms. The molecule has 158 valence electrons. The van der Waals surface area contributed by atoms with Gasteiger partial charge in [-0.15, -0.1) is 0 Å². The maximum Gasteiger partial charge on any atom is 0.336 e. The Kier molecular flexibility index (Phi) is 6.57. The molecule has 6 heteroatoms. The molecule has 0 aliphatic rings. The standard InChI is InChI=1S/C24H26O6/c1-14(2)18-7-5-6-8-20(18)28-12-17(26)13-29-21-10-9-19-15(3)11-22(27)30-24(19)23(21)16(4)25/h5-11,14,17,26H,12-13H2,1-4H3/t17-/m1/s1. The van der Waals surface area contributed by atoms with Gasteiger partial charge in [-0.05, 0) is 49.1 Å². The second-order valence-electron chi connectivity index (χ2n) is 7.59. The lowest BCUT2D eigenvalue weighted by molar-refractivity contribution is 0.0616. The van der Waals surface area contributed by atoms with E-state index in [-0.39, 0.29) is 35.9 Å². The summed E-state index contributed by atoms with van der Waals surface area (Å²) >= 11 is 0. The Hall–Kier alpha value is -3.12. The lowest BCUT2D eigenvalue weighted by Crippen LogP contribution is -2.25. The maximum atomic E-state index is 12.2. The number of carbonyl (C=O) groups is 1. The number of ketones is 1. The number of aryl methyl sites for hydroxylation is 1. The summed E-state index contributed by atoms with van der Waals surface area (Å²) in [7, 11) is 0. The van der Waals surface area contributed by atoms with Crippen molar-refractivity contribution in [3.8, 4) is 11.5 Å². The number of benzene rings is 2. The molecule has 1 heterocycles. The van der Waals surface area contributed by atoms with Crippen molar-refractivity contribution in [3.63, 3.8) is 0 Å². The van der Waals surface area contributed by atoms with Crippen molar-refractivity contribution in [1.29, 1.82) is 0 Å². The Balaban J connectivity index is 1.75. The van der Waals surface area contributed by atoms with Gasteiger partial charge < -0.3 is 19.0 Å². The first-order valence-corrected chi connectivity index (χ1v) is 9.89. The minimum atomic E-state index is -0.912. The summed E-state index contributed by atoms with van der Waals surface area (Å²) in [4.78, 5) is 24.0. The van der Waals surface area contributed by atoms with Gasteiger partial charge in [0.2, 0.25) is 0 Å². The van der Waals surface area contributed by atoms with Crippen LogP contribution in [0.1, 0.15) is 48.2 Å². The van der Waals surface area contributed by atoms with Crippen LogP contribution in [-0.4, -0.2) is 30.2 Å². The van der Waals surface area contributed by atoms with E-state index in [9.17, 15) is 14.7 Å². The van der Waals surface area contributed by atoms with Gasteiger partial charge in [-0.2, -0.15) is 0 Å². The predicted octanol–water partition coefficient (Wildman–Crippen LogP) is 4.25. The molecule has 0 amide bonds. The Morgan fingerprint density at radius 2 is 1.73 bits per heavy atom. The molecule has 0 bridgehead atoms. The number of fused-ring (bicyclic) bond motifs is 1. The van der Waals surface area contributed by atoms with E-state index in [4.69, 9.17) is 13.9 Å². The van der Waals surface area contributed by atoms with Gasteiger partial charge in [0.25, 0.3) is 0 Å². The zero-order chi connectivity index (χ0) is 21.8. The van der Waals surface area contributed by atoms with Crippen LogP contribution in [0.15, 0.2) is 51.7 Å². The van der Waals surface area contributed by atoms with Crippen molar-refractivity contribution in [2.75, 3.05) is 13.2 Å². The van der Waals surface area contributed by atoms with E-state index >= 15 is 0 Å². The van der Waals surface area contributed by atoms with E-state index < -0.39 is 11.7 Å². The highest BCUT2D eigenvalue weighted by molar-refractivity contribution is 6.07. The molecule has 2 aromatic carbocycles. The zero-order valence-electron chi connectivity index (χ0n) is 17.6. The molecular weight excluding hydrogens is 384 g/mol. The summed E-state index contributed by atoms with van der Waals surface area (Å²) < 4.78 is 16.8. The minimum Gasteiger partial charge on any atom is -0.490 e. The third kappa shape index (κ3) is 4.71. The fourth-order valence-electron chi connectivity index (χ4n) is 3.33. The molecule has 6 nitrogen and oxygen atoms in total. The second kappa shape index (κ2) is 9.13. The predicted molar refractivity (Wildman–Crippen MR) is 115 cm³/mol. The molecular formula is C24H26O6. The molecule has 1 N–H and O–H groups in total. The number of Topliss-reactive ketones (excluding diaryl/α,β-unsaturated/α-hetero) is 1. The first kappa shape index (κ1) is 21.6. The molecule has 1 aromatic heterocycles. The smallest absolute Gasteiger partial charge is 0.336 e. The highest BCUT2D eigenvalue weighted by Crippen LogP contribution is 2.30. The minimum absolute atomic E-state index is 0.0426. The van der Waals surface area contributed by atoms with Crippen LogP contribution in [0.4, 0.5) is 0 Å². The third-order valence-corrected chi connectivity index (χ3v) is 4.84. The number of hydrogen-bond donors (Lipinski definition) is 1. The molecule has 1 atom stereocenters. The van der Waals surface area contributed by atoms with Crippen LogP contribution in [0.2, 0.25) is 0 Å². The van der Waals surface area contributed by atoms with Crippen molar-refractivity contribution in [2.24, 2.45) is 0 Å². The topological polar surface area (TPSA) is 86.0 Å². The third-order valence-electron chi connectivity index (χ3n) is 4.84. The zero-order valence-corrected chi connectivity index (χ0v) is 17.6. The average Bonchev–Trinajstić information content (AvgIpc) is 2.69.